The molecule has 1 aromatic rings. The van der Waals surface area contributed by atoms with Crippen molar-refractivity contribution in [1.29, 1.82) is 0 Å². The van der Waals surface area contributed by atoms with Gasteiger partial charge in [-0.05, 0) is 21.8 Å². The van der Waals surface area contributed by atoms with Gasteiger partial charge in [-0.15, -0.1) is 0 Å². The molecule has 0 aliphatic rings. The van der Waals surface area contributed by atoms with Gasteiger partial charge < -0.3 is 9.67 Å². The molecule has 80 valence electrons. The van der Waals surface area contributed by atoms with Crippen LogP contribution in [0, 0.1) is 5.92 Å². The van der Waals surface area contributed by atoms with E-state index >= 15 is 0 Å². The number of hydrogen-bond donors (Lipinski definition) is 1. The number of rotatable bonds is 4. The van der Waals surface area contributed by atoms with Crippen LogP contribution in [-0.4, -0.2) is 21.3 Å². The lowest BCUT2D eigenvalue weighted by molar-refractivity contribution is 0.296. The Kier molecular flexibility index (Phi) is 4.13. The Morgan fingerprint density at radius 1 is 1.50 bits per heavy atom. The summed E-state index contributed by atoms with van der Waals surface area (Å²) in [6.07, 6.45) is 1.63. The Balaban J connectivity index is 2.92. The number of aromatic nitrogens is 2. The summed E-state index contributed by atoms with van der Waals surface area (Å²) in [6.45, 7) is 4.52. The molecule has 3 nitrogen and oxygen atoms in total. The van der Waals surface area contributed by atoms with Gasteiger partial charge in [0, 0.05) is 26.5 Å². The SMILES string of the molecule is CC(C)Cc1nc(Br)c(CCO)n1C. The number of aliphatic hydroxyl groups is 1. The number of aliphatic hydroxyl groups excluding tert-OH is 1. The van der Waals surface area contributed by atoms with Gasteiger partial charge in [0.15, 0.2) is 0 Å². The molecule has 0 bridgehead atoms. The molecule has 1 heterocycles. The van der Waals surface area contributed by atoms with Gasteiger partial charge in [-0.1, -0.05) is 13.8 Å². The molecule has 1 rings (SSSR count). The van der Waals surface area contributed by atoms with Crippen molar-refractivity contribution < 1.29 is 5.11 Å². The van der Waals surface area contributed by atoms with Crippen LogP contribution in [0.2, 0.25) is 0 Å². The Labute approximate surface area is 93.3 Å². The van der Waals surface area contributed by atoms with E-state index in [0.717, 1.165) is 22.5 Å². The van der Waals surface area contributed by atoms with Crippen LogP contribution in [0.4, 0.5) is 0 Å². The molecule has 0 spiro atoms. The molecule has 0 saturated heterocycles. The highest BCUT2D eigenvalue weighted by Crippen LogP contribution is 2.19. The molecule has 0 saturated carbocycles. The van der Waals surface area contributed by atoms with E-state index in [2.05, 4.69) is 39.3 Å². The fourth-order valence-electron chi connectivity index (χ4n) is 1.47. The molecule has 0 amide bonds. The first-order valence-electron chi connectivity index (χ1n) is 4.87. The van der Waals surface area contributed by atoms with Crippen LogP contribution >= 0.6 is 15.9 Å². The zero-order chi connectivity index (χ0) is 10.7. The van der Waals surface area contributed by atoms with Gasteiger partial charge in [0.2, 0.25) is 0 Å². The second kappa shape index (κ2) is 4.94. The first kappa shape index (κ1) is 11.7. The lowest BCUT2D eigenvalue weighted by Gasteiger charge is -2.06. The Morgan fingerprint density at radius 2 is 2.14 bits per heavy atom. The average molecular weight is 261 g/mol. The van der Waals surface area contributed by atoms with Gasteiger partial charge in [-0.2, -0.15) is 0 Å². The van der Waals surface area contributed by atoms with E-state index in [9.17, 15) is 0 Å². The van der Waals surface area contributed by atoms with Crippen molar-refractivity contribution in [2.45, 2.75) is 26.7 Å². The predicted molar refractivity (Wildman–Crippen MR) is 60.2 cm³/mol. The molecule has 4 heteroatoms. The minimum Gasteiger partial charge on any atom is -0.396 e. The molecular weight excluding hydrogens is 244 g/mol. The van der Waals surface area contributed by atoms with E-state index in [-0.39, 0.29) is 6.61 Å². The highest BCUT2D eigenvalue weighted by Gasteiger charge is 2.12. The van der Waals surface area contributed by atoms with Crippen LogP contribution < -0.4 is 0 Å². The van der Waals surface area contributed by atoms with Crippen LogP contribution in [0.15, 0.2) is 4.60 Å². The number of hydrogen-bond acceptors (Lipinski definition) is 2. The predicted octanol–water partition coefficient (Wildman–Crippen LogP) is 1.92. The van der Waals surface area contributed by atoms with E-state index in [0.29, 0.717) is 12.3 Å². The summed E-state index contributed by atoms with van der Waals surface area (Å²) in [4.78, 5) is 4.44. The van der Waals surface area contributed by atoms with Crippen LogP contribution in [-0.2, 0) is 19.9 Å². The molecule has 0 unspecified atom stereocenters. The van der Waals surface area contributed by atoms with Gasteiger partial charge in [0.25, 0.3) is 0 Å². The van der Waals surface area contributed by atoms with Crippen LogP contribution in [0.3, 0.4) is 0 Å². The standard InChI is InChI=1S/C10H17BrN2O/c1-7(2)6-9-12-10(11)8(4-5-14)13(9)3/h7,14H,4-6H2,1-3H3. The summed E-state index contributed by atoms with van der Waals surface area (Å²) in [7, 11) is 2.00. The van der Waals surface area contributed by atoms with E-state index in [1.165, 1.54) is 0 Å². The summed E-state index contributed by atoms with van der Waals surface area (Å²) >= 11 is 3.42. The van der Waals surface area contributed by atoms with E-state index in [4.69, 9.17) is 5.11 Å². The fourth-order valence-corrected chi connectivity index (χ4v) is 2.14. The van der Waals surface area contributed by atoms with Gasteiger partial charge in [-0.25, -0.2) is 4.98 Å². The Morgan fingerprint density at radius 3 is 2.64 bits per heavy atom. The summed E-state index contributed by atoms with van der Waals surface area (Å²) < 4.78 is 2.94. The Bertz CT molecular complexity index is 307. The maximum absolute atomic E-state index is 8.90. The maximum Gasteiger partial charge on any atom is 0.127 e. The third-order valence-corrected chi connectivity index (χ3v) is 2.83. The molecule has 14 heavy (non-hydrogen) atoms. The zero-order valence-electron chi connectivity index (χ0n) is 8.92. The van der Waals surface area contributed by atoms with Crippen molar-refractivity contribution >= 4 is 15.9 Å². The highest BCUT2D eigenvalue weighted by molar-refractivity contribution is 9.10. The summed E-state index contributed by atoms with van der Waals surface area (Å²) in [5.74, 6) is 1.68. The smallest absolute Gasteiger partial charge is 0.127 e. The molecule has 0 atom stereocenters. The van der Waals surface area contributed by atoms with Crippen LogP contribution in [0.1, 0.15) is 25.4 Å². The van der Waals surface area contributed by atoms with E-state index in [1.54, 1.807) is 0 Å². The summed E-state index contributed by atoms with van der Waals surface area (Å²) in [5, 5.41) is 8.90. The third kappa shape index (κ3) is 2.58. The van der Waals surface area contributed by atoms with Crippen molar-refractivity contribution in [1.82, 2.24) is 9.55 Å². The topological polar surface area (TPSA) is 38.1 Å². The largest absolute Gasteiger partial charge is 0.396 e. The summed E-state index contributed by atoms with van der Waals surface area (Å²) in [5.41, 5.74) is 1.07. The van der Waals surface area contributed by atoms with Crippen molar-refractivity contribution in [3.05, 3.63) is 16.1 Å². The zero-order valence-corrected chi connectivity index (χ0v) is 10.5. The molecule has 0 aliphatic heterocycles. The van der Waals surface area contributed by atoms with Crippen molar-refractivity contribution in [3.8, 4) is 0 Å². The molecule has 0 aliphatic carbocycles. The van der Waals surface area contributed by atoms with Gasteiger partial charge in [0.05, 0.1) is 5.69 Å². The molecule has 0 fully saturated rings. The van der Waals surface area contributed by atoms with Crippen LogP contribution in [0.5, 0.6) is 0 Å². The van der Waals surface area contributed by atoms with Gasteiger partial charge >= 0.3 is 0 Å². The normalized spacial score (nSPS) is 11.3. The third-order valence-electron chi connectivity index (χ3n) is 2.20. The number of nitrogens with zero attached hydrogens (tertiary/aromatic N) is 2. The minimum atomic E-state index is 0.166. The number of halogens is 1. The fraction of sp³-hybridized carbons (Fsp3) is 0.700. The molecule has 1 N–H and O–H groups in total. The molecule has 0 radical (unpaired) electrons. The van der Waals surface area contributed by atoms with E-state index < -0.39 is 0 Å². The second-order valence-electron chi connectivity index (χ2n) is 3.90. The Hall–Kier alpha value is -0.350. The number of imidazole rings is 1. The second-order valence-corrected chi connectivity index (χ2v) is 4.65. The minimum absolute atomic E-state index is 0.166. The van der Waals surface area contributed by atoms with Gasteiger partial charge in [-0.3, -0.25) is 0 Å². The first-order valence-corrected chi connectivity index (χ1v) is 5.66. The monoisotopic (exact) mass is 260 g/mol. The van der Waals surface area contributed by atoms with Gasteiger partial charge in [0.1, 0.15) is 10.4 Å². The molecule has 1 aromatic heterocycles. The first-order chi connectivity index (χ1) is 6.56. The lowest BCUT2D eigenvalue weighted by atomic mass is 10.1. The summed E-state index contributed by atoms with van der Waals surface area (Å²) in [6, 6.07) is 0. The van der Waals surface area contributed by atoms with Crippen molar-refractivity contribution in [3.63, 3.8) is 0 Å². The highest BCUT2D eigenvalue weighted by atomic mass is 79.9. The van der Waals surface area contributed by atoms with Crippen LogP contribution in [0.25, 0.3) is 0 Å². The quantitative estimate of drug-likeness (QED) is 0.899. The lowest BCUT2D eigenvalue weighted by Crippen LogP contribution is -2.06. The van der Waals surface area contributed by atoms with Crippen molar-refractivity contribution in [2.75, 3.05) is 6.61 Å². The molecule has 0 aromatic carbocycles. The maximum atomic E-state index is 8.90. The van der Waals surface area contributed by atoms with Crippen molar-refractivity contribution in [2.24, 2.45) is 13.0 Å². The molecular formula is C10H17BrN2O. The average Bonchev–Trinajstić information content (AvgIpc) is 2.32. The van der Waals surface area contributed by atoms with E-state index in [1.807, 2.05) is 7.05 Å².